The number of aliphatic hydroxyl groups is 1. The lowest BCUT2D eigenvalue weighted by Gasteiger charge is -2.10. The average molecular weight is 443 g/mol. The lowest BCUT2D eigenvalue weighted by molar-refractivity contribution is 0.183. The number of aromatic nitrogens is 5. The van der Waals surface area contributed by atoms with E-state index in [9.17, 15) is 5.11 Å². The standard InChI is InChI=1S/C23H21N7O3/c1-32-14-17(31)11-20(25)22-28-27-21-18-6-2-3-7-19(18)23(29-30(21)22)33-13-16-9-8-15(12-26-16)5-4-10-24/h2-3,6-9,11-12,25,31H,4-5,13-14H2,1H3/b17-11-,25-20?. The van der Waals surface area contributed by atoms with Crippen LogP contribution in [0.3, 0.4) is 0 Å². The fourth-order valence-corrected chi connectivity index (χ4v) is 3.28. The zero-order valence-electron chi connectivity index (χ0n) is 17.9. The Labute approximate surface area is 189 Å². The van der Waals surface area contributed by atoms with Crippen LogP contribution in [0.2, 0.25) is 0 Å². The van der Waals surface area contributed by atoms with E-state index < -0.39 is 0 Å². The summed E-state index contributed by atoms with van der Waals surface area (Å²) in [5, 5.41) is 41.2. The first-order valence-corrected chi connectivity index (χ1v) is 10.2. The third kappa shape index (κ3) is 4.78. The molecule has 3 aromatic heterocycles. The SMILES string of the molecule is COC/C(O)=C/C(=N)c1nnc2c3ccccc3c(OCc3ccc(CCC#N)cn3)nn12. The Kier molecular flexibility index (Phi) is 6.52. The van der Waals surface area contributed by atoms with Crippen LogP contribution < -0.4 is 4.74 Å². The molecule has 0 atom stereocenters. The number of hydrogen-bond acceptors (Lipinski definition) is 9. The molecule has 0 aliphatic carbocycles. The van der Waals surface area contributed by atoms with Gasteiger partial charge >= 0.3 is 0 Å². The predicted molar refractivity (Wildman–Crippen MR) is 120 cm³/mol. The Hall–Kier alpha value is -4.36. The molecular formula is C23H21N7O3. The number of nitriles is 1. The largest absolute Gasteiger partial charge is 0.510 e. The maximum Gasteiger partial charge on any atom is 0.240 e. The van der Waals surface area contributed by atoms with Crippen molar-refractivity contribution in [1.82, 2.24) is 24.8 Å². The first kappa shape index (κ1) is 21.9. The summed E-state index contributed by atoms with van der Waals surface area (Å²) in [6.45, 7) is 0.163. The van der Waals surface area contributed by atoms with Gasteiger partial charge in [-0.25, -0.2) is 0 Å². The molecular weight excluding hydrogens is 422 g/mol. The quantitative estimate of drug-likeness (QED) is 0.297. The molecule has 4 rings (SSSR count). The fourth-order valence-electron chi connectivity index (χ4n) is 3.28. The van der Waals surface area contributed by atoms with E-state index in [1.54, 1.807) is 6.20 Å². The molecule has 10 nitrogen and oxygen atoms in total. The lowest BCUT2D eigenvalue weighted by Crippen LogP contribution is -2.09. The van der Waals surface area contributed by atoms with Crippen molar-refractivity contribution in [2.75, 3.05) is 13.7 Å². The molecule has 3 heterocycles. The number of aryl methyl sites for hydroxylation is 1. The van der Waals surface area contributed by atoms with Crippen LogP contribution in [0, 0.1) is 16.7 Å². The van der Waals surface area contributed by atoms with Crippen molar-refractivity contribution < 1.29 is 14.6 Å². The van der Waals surface area contributed by atoms with Gasteiger partial charge in [0.15, 0.2) is 5.65 Å². The van der Waals surface area contributed by atoms with Crippen LogP contribution in [0.15, 0.2) is 54.4 Å². The second kappa shape index (κ2) is 9.84. The number of ether oxygens (including phenoxy) is 2. The van der Waals surface area contributed by atoms with Gasteiger partial charge in [-0.3, -0.25) is 10.4 Å². The van der Waals surface area contributed by atoms with Crippen LogP contribution in [0.5, 0.6) is 5.88 Å². The van der Waals surface area contributed by atoms with Crippen LogP contribution in [0.25, 0.3) is 16.4 Å². The molecule has 2 N–H and O–H groups in total. The molecule has 0 aliphatic heterocycles. The van der Waals surface area contributed by atoms with E-state index in [0.29, 0.717) is 30.1 Å². The molecule has 1 aromatic carbocycles. The molecule has 0 saturated heterocycles. The van der Waals surface area contributed by atoms with Crippen LogP contribution in [0.4, 0.5) is 0 Å². The molecule has 0 unspecified atom stereocenters. The van der Waals surface area contributed by atoms with Gasteiger partial charge in [0, 0.05) is 36.6 Å². The Morgan fingerprint density at radius 2 is 2.03 bits per heavy atom. The van der Waals surface area contributed by atoms with Gasteiger partial charge in [-0.2, -0.15) is 9.78 Å². The molecule has 0 bridgehead atoms. The van der Waals surface area contributed by atoms with Gasteiger partial charge in [0.2, 0.25) is 11.7 Å². The average Bonchev–Trinajstić information content (AvgIpc) is 3.26. The van der Waals surface area contributed by atoms with Crippen LogP contribution in [-0.4, -0.2) is 49.3 Å². The number of methoxy groups -OCH3 is 1. The number of nitrogens with one attached hydrogen (secondary N) is 1. The highest BCUT2D eigenvalue weighted by atomic mass is 16.5. The summed E-state index contributed by atoms with van der Waals surface area (Å²) in [5.74, 6) is 0.386. The maximum atomic E-state index is 9.86. The first-order valence-electron chi connectivity index (χ1n) is 10.2. The van der Waals surface area contributed by atoms with Gasteiger partial charge in [-0.05, 0) is 24.1 Å². The summed E-state index contributed by atoms with van der Waals surface area (Å²) in [6.07, 6.45) is 4.09. The van der Waals surface area contributed by atoms with Gasteiger partial charge in [0.05, 0.1) is 11.8 Å². The highest BCUT2D eigenvalue weighted by molar-refractivity contribution is 6.05. The Morgan fingerprint density at radius 3 is 2.76 bits per heavy atom. The summed E-state index contributed by atoms with van der Waals surface area (Å²) in [5.41, 5.74) is 2.10. The molecule has 33 heavy (non-hydrogen) atoms. The number of benzene rings is 1. The molecule has 166 valence electrons. The van der Waals surface area contributed by atoms with Gasteiger partial charge in [0.25, 0.3) is 0 Å². The minimum Gasteiger partial charge on any atom is -0.510 e. The van der Waals surface area contributed by atoms with E-state index in [4.69, 9.17) is 20.1 Å². The van der Waals surface area contributed by atoms with E-state index in [1.807, 2.05) is 36.4 Å². The topological polar surface area (TPSA) is 142 Å². The molecule has 0 aliphatic rings. The summed E-state index contributed by atoms with van der Waals surface area (Å²) < 4.78 is 12.3. The summed E-state index contributed by atoms with van der Waals surface area (Å²) in [6, 6.07) is 13.4. The second-order valence-electron chi connectivity index (χ2n) is 7.20. The Morgan fingerprint density at radius 1 is 1.21 bits per heavy atom. The van der Waals surface area contributed by atoms with Crippen LogP contribution >= 0.6 is 0 Å². The van der Waals surface area contributed by atoms with E-state index in [0.717, 1.165) is 16.3 Å². The molecule has 0 saturated carbocycles. The van der Waals surface area contributed by atoms with E-state index in [-0.39, 0.29) is 30.5 Å². The lowest BCUT2D eigenvalue weighted by atomic mass is 10.1. The van der Waals surface area contributed by atoms with Gasteiger partial charge in [-0.15, -0.1) is 15.3 Å². The number of pyridine rings is 1. The summed E-state index contributed by atoms with van der Waals surface area (Å²) >= 11 is 0. The molecule has 0 radical (unpaired) electrons. The third-order valence-electron chi connectivity index (χ3n) is 4.84. The zero-order chi connectivity index (χ0) is 23.2. The van der Waals surface area contributed by atoms with Gasteiger partial charge in [-0.1, -0.05) is 24.3 Å². The Balaban J connectivity index is 1.66. The number of aliphatic hydroxyl groups excluding tert-OH is 1. The first-order chi connectivity index (χ1) is 16.1. The smallest absolute Gasteiger partial charge is 0.240 e. The minimum atomic E-state index is -0.110. The van der Waals surface area contributed by atoms with Crippen molar-refractivity contribution in [2.45, 2.75) is 19.4 Å². The normalized spacial score (nSPS) is 11.6. The zero-order valence-corrected chi connectivity index (χ0v) is 17.9. The number of allylic oxidation sites excluding steroid dienone is 1. The Bertz CT molecular complexity index is 1370. The van der Waals surface area contributed by atoms with Crippen molar-refractivity contribution in [3.63, 3.8) is 0 Å². The van der Waals surface area contributed by atoms with Gasteiger partial charge < -0.3 is 14.6 Å². The molecule has 0 spiro atoms. The van der Waals surface area contributed by atoms with E-state index in [1.165, 1.54) is 17.7 Å². The van der Waals surface area contributed by atoms with Crippen LogP contribution in [0.1, 0.15) is 23.5 Å². The monoisotopic (exact) mass is 443 g/mol. The van der Waals surface area contributed by atoms with Crippen molar-refractivity contribution >= 4 is 22.1 Å². The number of nitrogens with zero attached hydrogens (tertiary/aromatic N) is 6. The fraction of sp³-hybridized carbons (Fsp3) is 0.217. The molecule has 0 amide bonds. The highest BCUT2D eigenvalue weighted by Crippen LogP contribution is 2.27. The van der Waals surface area contributed by atoms with Crippen molar-refractivity contribution in [3.05, 3.63) is 71.5 Å². The third-order valence-corrected chi connectivity index (χ3v) is 4.84. The predicted octanol–water partition coefficient (Wildman–Crippen LogP) is 3.16. The highest BCUT2D eigenvalue weighted by Gasteiger charge is 2.17. The number of rotatable bonds is 9. The second-order valence-corrected chi connectivity index (χ2v) is 7.20. The molecule has 4 aromatic rings. The maximum absolute atomic E-state index is 9.86. The number of fused-ring (bicyclic) bond motifs is 3. The van der Waals surface area contributed by atoms with Crippen LogP contribution in [-0.2, 0) is 17.8 Å². The summed E-state index contributed by atoms with van der Waals surface area (Å²) in [4.78, 5) is 4.40. The summed E-state index contributed by atoms with van der Waals surface area (Å²) in [7, 11) is 1.45. The molecule has 10 heteroatoms. The van der Waals surface area contributed by atoms with E-state index >= 15 is 0 Å². The minimum absolute atomic E-state index is 0.0217. The van der Waals surface area contributed by atoms with Gasteiger partial charge in [0.1, 0.15) is 24.7 Å². The number of hydrogen-bond donors (Lipinski definition) is 2. The van der Waals surface area contributed by atoms with Crippen molar-refractivity contribution in [2.24, 2.45) is 0 Å². The van der Waals surface area contributed by atoms with E-state index in [2.05, 4.69) is 26.3 Å². The van der Waals surface area contributed by atoms with Crippen molar-refractivity contribution in [3.8, 4) is 11.9 Å². The molecule has 0 fully saturated rings. The van der Waals surface area contributed by atoms with Crippen molar-refractivity contribution in [1.29, 1.82) is 10.7 Å².